The van der Waals surface area contributed by atoms with Gasteiger partial charge in [-0.25, -0.2) is 9.78 Å². The zero-order valence-corrected chi connectivity index (χ0v) is 11.3. The van der Waals surface area contributed by atoms with Gasteiger partial charge >= 0.3 is 5.97 Å². The van der Waals surface area contributed by atoms with Crippen LogP contribution in [0, 0.1) is 5.95 Å². The molecule has 98 valence electrons. The van der Waals surface area contributed by atoms with E-state index < -0.39 is 11.9 Å². The minimum Gasteiger partial charge on any atom is -0.465 e. The van der Waals surface area contributed by atoms with Gasteiger partial charge in [0.1, 0.15) is 0 Å². The van der Waals surface area contributed by atoms with Gasteiger partial charge in [0, 0.05) is 10.6 Å². The molecule has 2 rings (SSSR count). The van der Waals surface area contributed by atoms with E-state index in [-0.39, 0.29) is 16.3 Å². The maximum Gasteiger partial charge on any atom is 0.340 e. The molecule has 1 aromatic carbocycles. The van der Waals surface area contributed by atoms with Crippen LogP contribution in [0.2, 0.25) is 10.0 Å². The zero-order valence-electron chi connectivity index (χ0n) is 9.78. The Hall–Kier alpha value is -1.65. The van der Waals surface area contributed by atoms with Crippen LogP contribution in [0.25, 0.3) is 11.3 Å². The fraction of sp³-hybridized carbons (Fsp3) is 0.0769. The van der Waals surface area contributed by atoms with Gasteiger partial charge in [0.2, 0.25) is 5.95 Å². The van der Waals surface area contributed by atoms with Crippen molar-refractivity contribution in [3.8, 4) is 11.3 Å². The van der Waals surface area contributed by atoms with E-state index >= 15 is 0 Å². The third-order valence-electron chi connectivity index (χ3n) is 2.45. The van der Waals surface area contributed by atoms with E-state index in [0.29, 0.717) is 10.6 Å². The Bertz CT molecular complexity index is 647. The Labute approximate surface area is 118 Å². The number of hydrogen-bond acceptors (Lipinski definition) is 3. The van der Waals surface area contributed by atoms with Gasteiger partial charge in [-0.15, -0.1) is 0 Å². The SMILES string of the molecule is COC(=O)c1ccc(F)nc1-c1ccc(Cl)cc1Cl. The maximum atomic E-state index is 13.3. The number of carbonyl (C=O) groups excluding carboxylic acids is 1. The maximum absolute atomic E-state index is 13.3. The second-order valence-corrected chi connectivity index (χ2v) is 4.49. The smallest absolute Gasteiger partial charge is 0.340 e. The minimum atomic E-state index is -0.714. The Kier molecular flexibility index (Phi) is 4.02. The lowest BCUT2D eigenvalue weighted by atomic mass is 10.1. The molecule has 0 radical (unpaired) electrons. The summed E-state index contributed by atoms with van der Waals surface area (Å²) in [5.74, 6) is -1.33. The van der Waals surface area contributed by atoms with Crippen LogP contribution >= 0.6 is 23.2 Å². The molecular formula is C13H8Cl2FNO2. The summed E-state index contributed by atoms with van der Waals surface area (Å²) in [5, 5.41) is 0.709. The van der Waals surface area contributed by atoms with E-state index in [1.54, 1.807) is 12.1 Å². The van der Waals surface area contributed by atoms with Crippen LogP contribution in [0.5, 0.6) is 0 Å². The Morgan fingerprint density at radius 1 is 1.26 bits per heavy atom. The molecule has 0 amide bonds. The van der Waals surface area contributed by atoms with Crippen molar-refractivity contribution < 1.29 is 13.9 Å². The molecule has 0 fully saturated rings. The molecule has 2 aromatic rings. The van der Waals surface area contributed by atoms with Crippen LogP contribution in [0.15, 0.2) is 30.3 Å². The van der Waals surface area contributed by atoms with Crippen molar-refractivity contribution in [1.29, 1.82) is 0 Å². The Morgan fingerprint density at radius 3 is 2.63 bits per heavy atom. The highest BCUT2D eigenvalue weighted by molar-refractivity contribution is 6.36. The van der Waals surface area contributed by atoms with E-state index in [2.05, 4.69) is 9.72 Å². The molecule has 0 aliphatic carbocycles. The number of rotatable bonds is 2. The van der Waals surface area contributed by atoms with E-state index in [1.807, 2.05) is 0 Å². The molecule has 0 saturated carbocycles. The van der Waals surface area contributed by atoms with Crippen molar-refractivity contribution in [2.45, 2.75) is 0 Å². The van der Waals surface area contributed by atoms with Crippen molar-refractivity contribution >= 4 is 29.2 Å². The average Bonchev–Trinajstić information content (AvgIpc) is 2.38. The van der Waals surface area contributed by atoms with E-state index in [1.165, 1.54) is 19.2 Å². The van der Waals surface area contributed by atoms with Crippen LogP contribution in [-0.4, -0.2) is 18.1 Å². The van der Waals surface area contributed by atoms with Crippen LogP contribution in [0.1, 0.15) is 10.4 Å². The van der Waals surface area contributed by atoms with Crippen molar-refractivity contribution in [1.82, 2.24) is 4.98 Å². The van der Waals surface area contributed by atoms with Crippen LogP contribution < -0.4 is 0 Å². The van der Waals surface area contributed by atoms with Gasteiger partial charge < -0.3 is 4.74 Å². The lowest BCUT2D eigenvalue weighted by Crippen LogP contribution is -2.06. The molecule has 0 aliphatic heterocycles. The normalized spacial score (nSPS) is 10.3. The molecule has 1 aromatic heterocycles. The summed E-state index contributed by atoms with van der Waals surface area (Å²) in [7, 11) is 1.24. The average molecular weight is 300 g/mol. The first-order chi connectivity index (χ1) is 9.02. The molecule has 0 unspecified atom stereocenters. The first kappa shape index (κ1) is 13.8. The summed E-state index contributed by atoms with van der Waals surface area (Å²) in [5.41, 5.74) is 0.660. The quantitative estimate of drug-likeness (QED) is 0.622. The van der Waals surface area contributed by atoms with E-state index in [0.717, 1.165) is 6.07 Å². The lowest BCUT2D eigenvalue weighted by molar-refractivity contribution is 0.0601. The topological polar surface area (TPSA) is 39.2 Å². The fourth-order valence-corrected chi connectivity index (χ4v) is 2.09. The standard InChI is InChI=1S/C13H8Cl2FNO2/c1-19-13(18)9-4-5-11(16)17-12(9)8-3-2-7(14)6-10(8)15/h2-6H,1H3. The molecule has 6 heteroatoms. The molecule has 0 N–H and O–H groups in total. The first-order valence-electron chi connectivity index (χ1n) is 5.23. The molecule has 0 atom stereocenters. The molecule has 1 heterocycles. The van der Waals surface area contributed by atoms with Gasteiger partial charge in [0.05, 0.1) is 23.4 Å². The summed E-state index contributed by atoms with van der Waals surface area (Å²) in [6, 6.07) is 7.02. The number of nitrogens with zero attached hydrogens (tertiary/aromatic N) is 1. The number of carbonyl (C=O) groups is 1. The van der Waals surface area contributed by atoms with Gasteiger partial charge in [-0.3, -0.25) is 0 Å². The fourth-order valence-electron chi connectivity index (χ4n) is 1.60. The van der Waals surface area contributed by atoms with Crippen LogP contribution in [0.3, 0.4) is 0 Å². The monoisotopic (exact) mass is 299 g/mol. The van der Waals surface area contributed by atoms with E-state index in [9.17, 15) is 9.18 Å². The molecule has 19 heavy (non-hydrogen) atoms. The molecular weight excluding hydrogens is 292 g/mol. The number of benzene rings is 1. The highest BCUT2D eigenvalue weighted by atomic mass is 35.5. The van der Waals surface area contributed by atoms with Gasteiger partial charge in [-0.1, -0.05) is 23.2 Å². The van der Waals surface area contributed by atoms with Crippen LogP contribution in [-0.2, 0) is 4.74 Å². The highest BCUT2D eigenvalue weighted by Crippen LogP contribution is 2.31. The van der Waals surface area contributed by atoms with Gasteiger partial charge in [0.25, 0.3) is 0 Å². The number of methoxy groups -OCH3 is 1. The van der Waals surface area contributed by atoms with Crippen molar-refractivity contribution in [2.75, 3.05) is 7.11 Å². The number of halogens is 3. The number of esters is 1. The third-order valence-corrected chi connectivity index (χ3v) is 3.00. The molecule has 3 nitrogen and oxygen atoms in total. The third kappa shape index (κ3) is 2.85. The number of aromatic nitrogens is 1. The van der Waals surface area contributed by atoms with Gasteiger partial charge in [-0.2, -0.15) is 4.39 Å². The zero-order chi connectivity index (χ0) is 14.0. The van der Waals surface area contributed by atoms with Crippen molar-refractivity contribution in [2.24, 2.45) is 0 Å². The minimum absolute atomic E-state index is 0.119. The second kappa shape index (κ2) is 5.55. The highest BCUT2D eigenvalue weighted by Gasteiger charge is 2.18. The van der Waals surface area contributed by atoms with Gasteiger partial charge in [0.15, 0.2) is 0 Å². The summed E-state index contributed by atoms with van der Waals surface area (Å²) < 4.78 is 17.9. The summed E-state index contributed by atoms with van der Waals surface area (Å²) in [4.78, 5) is 15.4. The van der Waals surface area contributed by atoms with Crippen LogP contribution in [0.4, 0.5) is 4.39 Å². The second-order valence-electron chi connectivity index (χ2n) is 3.65. The van der Waals surface area contributed by atoms with E-state index in [4.69, 9.17) is 23.2 Å². The molecule has 0 spiro atoms. The van der Waals surface area contributed by atoms with Crippen molar-refractivity contribution in [3.05, 3.63) is 51.9 Å². The predicted molar refractivity (Wildman–Crippen MR) is 71.0 cm³/mol. The number of pyridine rings is 1. The molecule has 0 aliphatic rings. The molecule has 0 bridgehead atoms. The van der Waals surface area contributed by atoms with Gasteiger partial charge in [-0.05, 0) is 30.3 Å². The Balaban J connectivity index is 2.66. The van der Waals surface area contributed by atoms with Crippen molar-refractivity contribution in [3.63, 3.8) is 0 Å². The molecule has 0 saturated heterocycles. The largest absolute Gasteiger partial charge is 0.465 e. The number of hydrogen-bond donors (Lipinski definition) is 0. The summed E-state index contributed by atoms with van der Waals surface area (Å²) in [6.07, 6.45) is 0. The summed E-state index contributed by atoms with van der Waals surface area (Å²) in [6.45, 7) is 0. The first-order valence-corrected chi connectivity index (χ1v) is 5.99. The Morgan fingerprint density at radius 2 is 2.00 bits per heavy atom. The number of ether oxygens (including phenoxy) is 1. The lowest BCUT2D eigenvalue weighted by Gasteiger charge is -2.09. The summed E-state index contributed by atoms with van der Waals surface area (Å²) >= 11 is 11.8. The predicted octanol–water partition coefficient (Wildman–Crippen LogP) is 3.98.